The maximum atomic E-state index is 9.24. The normalized spacial score (nSPS) is 11.1. The predicted molar refractivity (Wildman–Crippen MR) is 84.2 cm³/mol. The lowest BCUT2D eigenvalue weighted by Gasteiger charge is -2.01. The number of aromatic hydroxyl groups is 3. The van der Waals surface area contributed by atoms with Crippen molar-refractivity contribution in [1.29, 1.82) is 0 Å². The molecule has 23 heavy (non-hydrogen) atoms. The van der Waals surface area contributed by atoms with Crippen LogP contribution in [0.4, 0.5) is 0 Å². The van der Waals surface area contributed by atoms with Gasteiger partial charge in [0, 0.05) is 24.6 Å². The standard InChI is InChI=1S/C8H9NO3.C8H7NO2/c1-5(9-12)7-3-2-6(10)4-8(7)11;1-5-9-7-3-2-6(10)4-8(7)11-5/h2-4,10-12H,1H3;2-4,10H,1H3/b9-5+;. The molecule has 3 aromatic rings. The Bertz CT molecular complexity index is 855. The zero-order valence-electron chi connectivity index (χ0n) is 12.6. The van der Waals surface area contributed by atoms with Crippen LogP contribution >= 0.6 is 0 Å². The first-order valence-corrected chi connectivity index (χ1v) is 6.68. The molecule has 0 atom stereocenters. The number of fused-ring (bicyclic) bond motifs is 1. The van der Waals surface area contributed by atoms with Crippen molar-refractivity contribution in [2.45, 2.75) is 13.8 Å². The maximum Gasteiger partial charge on any atom is 0.192 e. The fraction of sp³-hybridized carbons (Fsp3) is 0.125. The Balaban J connectivity index is 0.000000167. The zero-order chi connectivity index (χ0) is 17.0. The number of hydrogen-bond donors (Lipinski definition) is 4. The van der Waals surface area contributed by atoms with Gasteiger partial charge in [-0.15, -0.1) is 0 Å². The van der Waals surface area contributed by atoms with Gasteiger partial charge in [0.15, 0.2) is 11.5 Å². The van der Waals surface area contributed by atoms with Crippen LogP contribution in [-0.4, -0.2) is 31.2 Å². The number of nitrogens with zero attached hydrogens (tertiary/aromatic N) is 2. The van der Waals surface area contributed by atoms with E-state index in [9.17, 15) is 5.11 Å². The molecule has 1 heterocycles. The monoisotopic (exact) mass is 316 g/mol. The topological polar surface area (TPSA) is 119 Å². The third-order valence-corrected chi connectivity index (χ3v) is 3.00. The second-order valence-corrected chi connectivity index (χ2v) is 4.77. The number of phenolic OH excluding ortho intramolecular Hbond substituents is 3. The van der Waals surface area contributed by atoms with Crippen LogP contribution in [0.5, 0.6) is 17.2 Å². The molecule has 0 spiro atoms. The van der Waals surface area contributed by atoms with Crippen LogP contribution in [0.3, 0.4) is 0 Å². The molecule has 1 aromatic heterocycles. The molecule has 120 valence electrons. The average Bonchev–Trinajstić information content (AvgIpc) is 2.86. The molecule has 0 aliphatic heterocycles. The van der Waals surface area contributed by atoms with E-state index in [1.807, 2.05) is 0 Å². The van der Waals surface area contributed by atoms with E-state index in [2.05, 4.69) is 10.1 Å². The molecule has 0 unspecified atom stereocenters. The fourth-order valence-electron chi connectivity index (χ4n) is 1.91. The first-order chi connectivity index (χ1) is 10.9. The summed E-state index contributed by atoms with van der Waals surface area (Å²) in [6.45, 7) is 3.32. The zero-order valence-corrected chi connectivity index (χ0v) is 12.6. The van der Waals surface area contributed by atoms with Crippen LogP contribution in [0, 0.1) is 6.92 Å². The summed E-state index contributed by atoms with van der Waals surface area (Å²) in [7, 11) is 0. The summed E-state index contributed by atoms with van der Waals surface area (Å²) in [5.41, 5.74) is 2.10. The molecule has 0 fully saturated rings. The predicted octanol–water partition coefficient (Wildman–Crippen LogP) is 3.14. The number of aryl methyl sites for hydroxylation is 1. The molecule has 4 N–H and O–H groups in total. The van der Waals surface area contributed by atoms with Gasteiger partial charge in [0.2, 0.25) is 0 Å². The number of phenols is 3. The van der Waals surface area contributed by atoms with Crippen LogP contribution in [0.1, 0.15) is 18.4 Å². The molecule has 0 aliphatic carbocycles. The van der Waals surface area contributed by atoms with Crippen molar-refractivity contribution in [1.82, 2.24) is 4.98 Å². The maximum absolute atomic E-state index is 9.24. The van der Waals surface area contributed by atoms with Crippen molar-refractivity contribution in [2.24, 2.45) is 5.16 Å². The molecule has 0 saturated heterocycles. The number of benzene rings is 2. The van der Waals surface area contributed by atoms with E-state index in [0.29, 0.717) is 22.7 Å². The quantitative estimate of drug-likeness (QED) is 0.311. The molecule has 3 rings (SSSR count). The number of oxime groups is 1. The van der Waals surface area contributed by atoms with Gasteiger partial charge in [0.1, 0.15) is 22.8 Å². The van der Waals surface area contributed by atoms with Crippen molar-refractivity contribution in [2.75, 3.05) is 0 Å². The number of rotatable bonds is 1. The van der Waals surface area contributed by atoms with E-state index < -0.39 is 0 Å². The van der Waals surface area contributed by atoms with Crippen molar-refractivity contribution >= 4 is 16.8 Å². The molecule has 7 heteroatoms. The first-order valence-electron chi connectivity index (χ1n) is 6.68. The molecule has 0 saturated carbocycles. The van der Waals surface area contributed by atoms with Crippen molar-refractivity contribution in [3.63, 3.8) is 0 Å². The third kappa shape index (κ3) is 3.91. The van der Waals surface area contributed by atoms with Gasteiger partial charge in [-0.2, -0.15) is 0 Å². The minimum atomic E-state index is -0.106. The van der Waals surface area contributed by atoms with Crippen molar-refractivity contribution < 1.29 is 24.9 Å². The highest BCUT2D eigenvalue weighted by Crippen LogP contribution is 2.23. The minimum Gasteiger partial charge on any atom is -0.508 e. The Hall–Kier alpha value is -3.22. The van der Waals surface area contributed by atoms with Gasteiger partial charge in [0.25, 0.3) is 0 Å². The third-order valence-electron chi connectivity index (χ3n) is 3.00. The molecule has 0 amide bonds. The Morgan fingerprint density at radius 3 is 2.35 bits per heavy atom. The Labute approximate surface area is 131 Å². The van der Waals surface area contributed by atoms with Gasteiger partial charge >= 0.3 is 0 Å². The van der Waals surface area contributed by atoms with Crippen molar-refractivity contribution in [3.05, 3.63) is 47.9 Å². The summed E-state index contributed by atoms with van der Waals surface area (Å²) >= 11 is 0. The summed E-state index contributed by atoms with van der Waals surface area (Å²) < 4.78 is 5.18. The SMILES string of the molecule is C/C(=N\O)c1ccc(O)cc1O.Cc1nc2ccc(O)cc2o1. The average molecular weight is 316 g/mol. The molecule has 0 radical (unpaired) electrons. The largest absolute Gasteiger partial charge is 0.508 e. The van der Waals surface area contributed by atoms with Crippen LogP contribution in [0.25, 0.3) is 11.1 Å². The highest BCUT2D eigenvalue weighted by atomic mass is 16.4. The molecule has 0 bridgehead atoms. The van der Waals surface area contributed by atoms with E-state index in [-0.39, 0.29) is 17.2 Å². The number of hydrogen-bond acceptors (Lipinski definition) is 7. The Morgan fingerprint density at radius 1 is 1.04 bits per heavy atom. The smallest absolute Gasteiger partial charge is 0.192 e. The molecule has 2 aromatic carbocycles. The van der Waals surface area contributed by atoms with E-state index in [0.717, 1.165) is 5.52 Å². The van der Waals surface area contributed by atoms with E-state index in [1.165, 1.54) is 18.2 Å². The Kier molecular flexibility index (Phi) is 4.70. The highest BCUT2D eigenvalue weighted by Gasteiger charge is 2.05. The van der Waals surface area contributed by atoms with Gasteiger partial charge in [-0.25, -0.2) is 4.98 Å². The van der Waals surface area contributed by atoms with Crippen LogP contribution in [0.15, 0.2) is 46.0 Å². The molecule has 7 nitrogen and oxygen atoms in total. The molecular formula is C16H16N2O5. The summed E-state index contributed by atoms with van der Waals surface area (Å²) in [5, 5.41) is 38.5. The summed E-state index contributed by atoms with van der Waals surface area (Å²) in [4.78, 5) is 4.08. The van der Waals surface area contributed by atoms with Crippen molar-refractivity contribution in [3.8, 4) is 17.2 Å². The summed E-state index contributed by atoms with van der Waals surface area (Å²) in [5.74, 6) is 0.687. The van der Waals surface area contributed by atoms with Gasteiger partial charge in [-0.3, -0.25) is 0 Å². The second kappa shape index (κ2) is 6.69. The van der Waals surface area contributed by atoms with Crippen LogP contribution in [0.2, 0.25) is 0 Å². The summed E-state index contributed by atoms with van der Waals surface area (Å²) in [6, 6.07) is 8.92. The lowest BCUT2D eigenvalue weighted by molar-refractivity contribution is 0.318. The van der Waals surface area contributed by atoms with E-state index in [1.54, 1.807) is 32.0 Å². The fourth-order valence-corrected chi connectivity index (χ4v) is 1.91. The van der Waals surface area contributed by atoms with Crippen LogP contribution in [-0.2, 0) is 0 Å². The lowest BCUT2D eigenvalue weighted by Crippen LogP contribution is -1.94. The highest BCUT2D eigenvalue weighted by molar-refractivity contribution is 6.00. The van der Waals surface area contributed by atoms with Gasteiger partial charge < -0.3 is 24.9 Å². The van der Waals surface area contributed by atoms with Gasteiger partial charge in [-0.1, -0.05) is 5.16 Å². The number of oxazole rings is 1. The van der Waals surface area contributed by atoms with Gasteiger partial charge in [0.05, 0.1) is 5.71 Å². The Morgan fingerprint density at radius 2 is 1.70 bits per heavy atom. The first kappa shape index (κ1) is 16.2. The van der Waals surface area contributed by atoms with E-state index >= 15 is 0 Å². The van der Waals surface area contributed by atoms with Crippen LogP contribution < -0.4 is 0 Å². The number of aromatic nitrogens is 1. The minimum absolute atomic E-state index is 0.0259. The molecule has 0 aliphatic rings. The molecular weight excluding hydrogens is 300 g/mol. The van der Waals surface area contributed by atoms with E-state index in [4.69, 9.17) is 19.8 Å². The summed E-state index contributed by atoms with van der Waals surface area (Å²) in [6.07, 6.45) is 0. The second-order valence-electron chi connectivity index (χ2n) is 4.77. The lowest BCUT2D eigenvalue weighted by atomic mass is 10.1. The van der Waals surface area contributed by atoms with Gasteiger partial charge in [-0.05, 0) is 31.2 Å².